The highest BCUT2D eigenvalue weighted by Crippen LogP contribution is 2.22. The molecule has 0 unspecified atom stereocenters. The van der Waals surface area contributed by atoms with Gasteiger partial charge in [0.15, 0.2) is 0 Å². The number of ether oxygens (including phenoxy) is 1. The molecule has 3 nitrogen and oxygen atoms in total. The summed E-state index contributed by atoms with van der Waals surface area (Å²) in [5.41, 5.74) is 1.21. The van der Waals surface area contributed by atoms with Gasteiger partial charge in [0.2, 0.25) is 0 Å². The molecule has 2 rings (SSSR count). The van der Waals surface area contributed by atoms with E-state index < -0.39 is 0 Å². The molecule has 1 aliphatic heterocycles. The van der Waals surface area contributed by atoms with Crippen molar-refractivity contribution in [2.45, 2.75) is 18.9 Å². The maximum atomic E-state index is 5.69. The quantitative estimate of drug-likeness (QED) is 0.866. The molecular weight excluding hydrogens is 256 g/mol. The summed E-state index contributed by atoms with van der Waals surface area (Å²) >= 11 is 2.06. The Balaban J connectivity index is 1.77. The Labute approximate surface area is 120 Å². The molecule has 19 heavy (non-hydrogen) atoms. The summed E-state index contributed by atoms with van der Waals surface area (Å²) < 4.78 is 5.69. The molecule has 1 heterocycles. The number of rotatable bonds is 6. The highest BCUT2D eigenvalue weighted by atomic mass is 32.2. The van der Waals surface area contributed by atoms with E-state index in [9.17, 15) is 0 Å². The number of hydrogen-bond acceptors (Lipinski definition) is 4. The van der Waals surface area contributed by atoms with Gasteiger partial charge in [0.25, 0.3) is 0 Å². The van der Waals surface area contributed by atoms with Crippen LogP contribution in [0, 0.1) is 0 Å². The summed E-state index contributed by atoms with van der Waals surface area (Å²) in [6.45, 7) is 1.68. The maximum absolute atomic E-state index is 5.69. The first-order chi connectivity index (χ1) is 9.24. The van der Waals surface area contributed by atoms with Crippen molar-refractivity contribution in [1.82, 2.24) is 4.90 Å². The molecule has 0 spiro atoms. The number of anilines is 1. The van der Waals surface area contributed by atoms with E-state index in [2.05, 4.69) is 60.3 Å². The van der Waals surface area contributed by atoms with Crippen molar-refractivity contribution < 1.29 is 4.74 Å². The Bertz CT molecular complexity index is 361. The third-order valence-corrected chi connectivity index (χ3v) is 4.30. The molecule has 1 aliphatic rings. The SMILES string of the molecule is CN(C)CCOc1ccc(NC2CCSCC2)cc1. The van der Waals surface area contributed by atoms with Crippen molar-refractivity contribution in [3.63, 3.8) is 0 Å². The fourth-order valence-electron chi connectivity index (χ4n) is 2.07. The zero-order chi connectivity index (χ0) is 13.5. The summed E-state index contributed by atoms with van der Waals surface area (Å²) in [7, 11) is 4.11. The van der Waals surface area contributed by atoms with E-state index in [1.54, 1.807) is 0 Å². The highest BCUT2D eigenvalue weighted by molar-refractivity contribution is 7.99. The summed E-state index contributed by atoms with van der Waals surface area (Å²) in [6, 6.07) is 8.98. The molecule has 1 N–H and O–H groups in total. The van der Waals surface area contributed by atoms with Gasteiger partial charge in [-0.3, -0.25) is 0 Å². The monoisotopic (exact) mass is 280 g/mol. The number of thioether (sulfide) groups is 1. The molecule has 0 aromatic heterocycles. The second-order valence-electron chi connectivity index (χ2n) is 5.21. The lowest BCUT2D eigenvalue weighted by molar-refractivity contribution is 0.261. The number of benzene rings is 1. The lowest BCUT2D eigenvalue weighted by atomic mass is 10.1. The van der Waals surface area contributed by atoms with Crippen LogP contribution in [0.15, 0.2) is 24.3 Å². The zero-order valence-corrected chi connectivity index (χ0v) is 12.7. The van der Waals surface area contributed by atoms with Gasteiger partial charge < -0.3 is 15.0 Å². The summed E-state index contributed by atoms with van der Waals surface area (Å²) in [4.78, 5) is 2.12. The van der Waals surface area contributed by atoms with Crippen molar-refractivity contribution in [1.29, 1.82) is 0 Å². The number of nitrogens with one attached hydrogen (secondary N) is 1. The van der Waals surface area contributed by atoms with Crippen molar-refractivity contribution in [3.8, 4) is 5.75 Å². The number of nitrogens with zero attached hydrogens (tertiary/aromatic N) is 1. The third-order valence-electron chi connectivity index (χ3n) is 3.25. The molecule has 1 aromatic carbocycles. The smallest absolute Gasteiger partial charge is 0.119 e. The maximum Gasteiger partial charge on any atom is 0.119 e. The highest BCUT2D eigenvalue weighted by Gasteiger charge is 2.12. The van der Waals surface area contributed by atoms with Gasteiger partial charge in [-0.1, -0.05) is 0 Å². The Hall–Kier alpha value is -0.870. The summed E-state index contributed by atoms with van der Waals surface area (Å²) in [5, 5.41) is 3.61. The van der Waals surface area contributed by atoms with Crippen LogP contribution in [0.2, 0.25) is 0 Å². The van der Waals surface area contributed by atoms with Crippen molar-refractivity contribution in [3.05, 3.63) is 24.3 Å². The number of likely N-dealkylation sites (N-methyl/N-ethyl adjacent to an activating group) is 1. The zero-order valence-electron chi connectivity index (χ0n) is 11.9. The van der Waals surface area contributed by atoms with Crippen LogP contribution in [-0.2, 0) is 0 Å². The normalized spacial score (nSPS) is 16.6. The Morgan fingerprint density at radius 3 is 2.53 bits per heavy atom. The molecule has 1 fully saturated rings. The van der Waals surface area contributed by atoms with E-state index >= 15 is 0 Å². The van der Waals surface area contributed by atoms with Gasteiger partial charge in [-0.15, -0.1) is 0 Å². The second-order valence-corrected chi connectivity index (χ2v) is 6.43. The van der Waals surface area contributed by atoms with Gasteiger partial charge in [-0.25, -0.2) is 0 Å². The predicted molar refractivity (Wildman–Crippen MR) is 84.5 cm³/mol. The van der Waals surface area contributed by atoms with E-state index in [1.807, 2.05) is 0 Å². The molecular formula is C15H24N2OS. The van der Waals surface area contributed by atoms with Gasteiger partial charge in [0, 0.05) is 18.3 Å². The molecule has 0 aliphatic carbocycles. The van der Waals surface area contributed by atoms with Crippen LogP contribution in [0.1, 0.15) is 12.8 Å². The minimum Gasteiger partial charge on any atom is -0.492 e. The fourth-order valence-corrected chi connectivity index (χ4v) is 3.18. The molecule has 1 aromatic rings. The predicted octanol–water partition coefficient (Wildman–Crippen LogP) is 2.93. The van der Waals surface area contributed by atoms with E-state index in [1.165, 1.54) is 30.0 Å². The van der Waals surface area contributed by atoms with Gasteiger partial charge in [-0.05, 0) is 62.7 Å². The molecule has 106 valence electrons. The van der Waals surface area contributed by atoms with Gasteiger partial charge in [-0.2, -0.15) is 11.8 Å². The van der Waals surface area contributed by atoms with E-state index in [0.717, 1.165) is 18.9 Å². The van der Waals surface area contributed by atoms with E-state index in [0.29, 0.717) is 6.04 Å². The van der Waals surface area contributed by atoms with Gasteiger partial charge in [0.1, 0.15) is 12.4 Å². The number of hydrogen-bond donors (Lipinski definition) is 1. The lowest BCUT2D eigenvalue weighted by Crippen LogP contribution is -2.24. The molecule has 1 saturated heterocycles. The molecule has 0 atom stereocenters. The van der Waals surface area contributed by atoms with E-state index in [4.69, 9.17) is 4.74 Å². The Morgan fingerprint density at radius 2 is 1.89 bits per heavy atom. The summed E-state index contributed by atoms with van der Waals surface area (Å²) in [6.07, 6.45) is 2.54. The minimum atomic E-state index is 0.641. The van der Waals surface area contributed by atoms with Crippen LogP contribution >= 0.6 is 11.8 Å². The summed E-state index contributed by atoms with van der Waals surface area (Å²) in [5.74, 6) is 3.51. The second kappa shape index (κ2) is 7.65. The Kier molecular flexibility index (Phi) is 5.86. The van der Waals surface area contributed by atoms with Crippen LogP contribution in [0.3, 0.4) is 0 Å². The standard InChI is InChI=1S/C15H24N2OS/c1-17(2)9-10-18-15-5-3-13(4-6-15)16-14-7-11-19-12-8-14/h3-6,14,16H,7-12H2,1-2H3. The topological polar surface area (TPSA) is 24.5 Å². The average Bonchev–Trinajstić information content (AvgIpc) is 2.42. The molecule has 0 amide bonds. The largest absolute Gasteiger partial charge is 0.492 e. The fraction of sp³-hybridized carbons (Fsp3) is 0.600. The molecule has 0 saturated carbocycles. The van der Waals surface area contributed by atoms with E-state index in [-0.39, 0.29) is 0 Å². The average molecular weight is 280 g/mol. The molecule has 0 bridgehead atoms. The van der Waals surface area contributed by atoms with Crippen LogP contribution in [0.4, 0.5) is 5.69 Å². The third kappa shape index (κ3) is 5.33. The van der Waals surface area contributed by atoms with Crippen molar-refractivity contribution >= 4 is 17.4 Å². The van der Waals surface area contributed by atoms with Crippen LogP contribution < -0.4 is 10.1 Å². The lowest BCUT2D eigenvalue weighted by Gasteiger charge is -2.23. The van der Waals surface area contributed by atoms with Gasteiger partial charge in [0.05, 0.1) is 0 Å². The molecule has 0 radical (unpaired) electrons. The van der Waals surface area contributed by atoms with Gasteiger partial charge >= 0.3 is 0 Å². The van der Waals surface area contributed by atoms with Crippen LogP contribution in [-0.4, -0.2) is 49.7 Å². The first kappa shape index (κ1) is 14.5. The minimum absolute atomic E-state index is 0.641. The van der Waals surface area contributed by atoms with Crippen molar-refractivity contribution in [2.24, 2.45) is 0 Å². The van der Waals surface area contributed by atoms with Crippen LogP contribution in [0.25, 0.3) is 0 Å². The first-order valence-electron chi connectivity index (χ1n) is 6.96. The Morgan fingerprint density at radius 1 is 1.21 bits per heavy atom. The molecule has 4 heteroatoms. The first-order valence-corrected chi connectivity index (χ1v) is 8.11. The van der Waals surface area contributed by atoms with Crippen molar-refractivity contribution in [2.75, 3.05) is 44.1 Å². The van der Waals surface area contributed by atoms with Crippen LogP contribution in [0.5, 0.6) is 5.75 Å².